The summed E-state index contributed by atoms with van der Waals surface area (Å²) in [6, 6.07) is 2.57. The Morgan fingerprint density at radius 1 is 0.875 bits per heavy atom. The van der Waals surface area contributed by atoms with Gasteiger partial charge in [0.25, 0.3) is 0 Å². The lowest BCUT2D eigenvalue weighted by atomic mass is 9.86. The quantitative estimate of drug-likeness (QED) is 0.733. The van der Waals surface area contributed by atoms with E-state index in [1.165, 1.54) is 58.0 Å². The number of nitrogens with one attached hydrogen (secondary N) is 1. The molecule has 0 aromatic carbocycles. The molecule has 0 radical (unpaired) electrons. The Balaban J connectivity index is 1.58. The number of rotatable bonds is 1. The molecular weight excluding hydrogens is 196 g/mol. The lowest BCUT2D eigenvalue weighted by Gasteiger charge is -2.37. The second kappa shape index (κ2) is 4.66. The Labute approximate surface area is 99.8 Å². The van der Waals surface area contributed by atoms with Gasteiger partial charge in [-0.05, 0) is 57.4 Å². The second-order valence-electron chi connectivity index (χ2n) is 6.34. The molecule has 2 heterocycles. The molecule has 3 rings (SSSR count). The monoisotopic (exact) mass is 222 g/mol. The van der Waals surface area contributed by atoms with Crippen molar-refractivity contribution in [2.45, 2.75) is 70.0 Å². The van der Waals surface area contributed by atoms with Crippen LogP contribution in [0.15, 0.2) is 0 Å². The van der Waals surface area contributed by atoms with Gasteiger partial charge in [0.1, 0.15) is 0 Å². The molecule has 1 aliphatic carbocycles. The van der Waals surface area contributed by atoms with Gasteiger partial charge in [-0.3, -0.25) is 4.90 Å². The van der Waals surface area contributed by atoms with Crippen LogP contribution in [-0.4, -0.2) is 36.1 Å². The first kappa shape index (κ1) is 11.0. The Kier molecular flexibility index (Phi) is 3.21. The summed E-state index contributed by atoms with van der Waals surface area (Å²) >= 11 is 0. The molecule has 1 saturated carbocycles. The van der Waals surface area contributed by atoms with E-state index in [1.54, 1.807) is 0 Å². The summed E-state index contributed by atoms with van der Waals surface area (Å²) in [6.07, 6.45) is 10.1. The first-order chi connectivity index (χ1) is 7.81. The fourth-order valence-corrected chi connectivity index (χ4v) is 3.91. The summed E-state index contributed by atoms with van der Waals surface area (Å²) in [5.41, 5.74) is 0. The summed E-state index contributed by atoms with van der Waals surface area (Å²) in [4.78, 5) is 2.81. The van der Waals surface area contributed by atoms with Crippen molar-refractivity contribution < 1.29 is 0 Å². The van der Waals surface area contributed by atoms with Crippen molar-refractivity contribution in [1.82, 2.24) is 10.2 Å². The van der Waals surface area contributed by atoms with Crippen molar-refractivity contribution in [1.29, 1.82) is 0 Å². The van der Waals surface area contributed by atoms with E-state index < -0.39 is 0 Å². The Morgan fingerprint density at radius 3 is 2.44 bits per heavy atom. The average Bonchev–Trinajstić information content (AvgIpc) is 2.60. The standard InChI is InChI=1S/C14H26N2/c1-11-2-6-14(7-3-11)16-9-8-12-4-5-13(10-16)15-12/h11-15H,2-10H2,1H3. The third-order valence-electron chi connectivity index (χ3n) is 5.06. The molecule has 3 fully saturated rings. The highest BCUT2D eigenvalue weighted by atomic mass is 15.2. The summed E-state index contributed by atoms with van der Waals surface area (Å²) < 4.78 is 0. The summed E-state index contributed by atoms with van der Waals surface area (Å²) in [5.74, 6) is 0.984. The van der Waals surface area contributed by atoms with E-state index >= 15 is 0 Å². The minimum Gasteiger partial charge on any atom is -0.310 e. The molecule has 0 amide bonds. The first-order valence-electron chi connectivity index (χ1n) is 7.31. The highest BCUT2D eigenvalue weighted by Crippen LogP contribution is 2.30. The molecule has 2 nitrogen and oxygen atoms in total. The van der Waals surface area contributed by atoms with E-state index in [0.29, 0.717) is 0 Å². The van der Waals surface area contributed by atoms with E-state index in [9.17, 15) is 0 Å². The van der Waals surface area contributed by atoms with E-state index in [-0.39, 0.29) is 0 Å². The summed E-state index contributed by atoms with van der Waals surface area (Å²) in [6.45, 7) is 5.10. The molecule has 2 heteroatoms. The van der Waals surface area contributed by atoms with E-state index in [1.807, 2.05) is 0 Å². The molecule has 2 atom stereocenters. The molecule has 0 aromatic rings. The fourth-order valence-electron chi connectivity index (χ4n) is 3.91. The lowest BCUT2D eigenvalue weighted by Crippen LogP contribution is -2.43. The van der Waals surface area contributed by atoms with Gasteiger partial charge in [-0.2, -0.15) is 0 Å². The van der Waals surface area contributed by atoms with Gasteiger partial charge in [-0.1, -0.05) is 6.92 Å². The predicted octanol–water partition coefficient (Wildman–Crippen LogP) is 2.39. The van der Waals surface area contributed by atoms with Gasteiger partial charge in [-0.15, -0.1) is 0 Å². The van der Waals surface area contributed by atoms with Crippen LogP contribution < -0.4 is 5.32 Å². The highest BCUT2D eigenvalue weighted by Gasteiger charge is 2.32. The second-order valence-corrected chi connectivity index (χ2v) is 6.34. The number of nitrogens with zero attached hydrogens (tertiary/aromatic N) is 1. The van der Waals surface area contributed by atoms with Crippen molar-refractivity contribution in [3.8, 4) is 0 Å². The average molecular weight is 222 g/mol. The number of hydrogen-bond donors (Lipinski definition) is 1. The maximum atomic E-state index is 3.79. The molecule has 16 heavy (non-hydrogen) atoms. The summed E-state index contributed by atoms with van der Waals surface area (Å²) in [7, 11) is 0. The van der Waals surface area contributed by atoms with Gasteiger partial charge in [0.15, 0.2) is 0 Å². The van der Waals surface area contributed by atoms with E-state index in [4.69, 9.17) is 0 Å². The zero-order valence-corrected chi connectivity index (χ0v) is 10.6. The molecule has 0 spiro atoms. The minimum absolute atomic E-state index is 0.812. The van der Waals surface area contributed by atoms with E-state index in [2.05, 4.69) is 17.1 Å². The maximum Gasteiger partial charge on any atom is 0.0198 e. The SMILES string of the molecule is CC1CCC(N2CCC3CCC(C2)N3)CC1. The van der Waals surface area contributed by atoms with Crippen LogP contribution in [0.2, 0.25) is 0 Å². The van der Waals surface area contributed by atoms with Crippen LogP contribution in [0.4, 0.5) is 0 Å². The number of likely N-dealkylation sites (tertiary alicyclic amines) is 1. The zero-order valence-electron chi connectivity index (χ0n) is 10.6. The van der Waals surface area contributed by atoms with Gasteiger partial charge in [0, 0.05) is 24.7 Å². The third kappa shape index (κ3) is 2.28. The molecule has 2 aliphatic heterocycles. The largest absolute Gasteiger partial charge is 0.310 e. The highest BCUT2D eigenvalue weighted by molar-refractivity contribution is 4.92. The molecule has 2 unspecified atom stereocenters. The van der Waals surface area contributed by atoms with Gasteiger partial charge in [0.05, 0.1) is 0 Å². The topological polar surface area (TPSA) is 15.3 Å². The number of hydrogen-bond acceptors (Lipinski definition) is 2. The van der Waals surface area contributed by atoms with Crippen LogP contribution in [-0.2, 0) is 0 Å². The van der Waals surface area contributed by atoms with Crippen molar-refractivity contribution >= 4 is 0 Å². The van der Waals surface area contributed by atoms with Crippen LogP contribution in [0.3, 0.4) is 0 Å². The van der Waals surface area contributed by atoms with Gasteiger partial charge in [-0.25, -0.2) is 0 Å². The molecule has 2 bridgehead atoms. The van der Waals surface area contributed by atoms with Gasteiger partial charge in [0.2, 0.25) is 0 Å². The zero-order chi connectivity index (χ0) is 11.0. The lowest BCUT2D eigenvalue weighted by molar-refractivity contribution is 0.134. The molecular formula is C14H26N2. The van der Waals surface area contributed by atoms with Crippen LogP contribution in [0, 0.1) is 5.92 Å². The first-order valence-corrected chi connectivity index (χ1v) is 7.31. The van der Waals surface area contributed by atoms with Gasteiger partial charge < -0.3 is 5.32 Å². The molecule has 0 aromatic heterocycles. The summed E-state index contributed by atoms with van der Waals surface area (Å²) in [5, 5.41) is 3.79. The smallest absolute Gasteiger partial charge is 0.0198 e. The molecule has 2 saturated heterocycles. The molecule has 92 valence electrons. The van der Waals surface area contributed by atoms with Crippen molar-refractivity contribution in [2.24, 2.45) is 5.92 Å². The minimum atomic E-state index is 0.812. The van der Waals surface area contributed by atoms with Crippen molar-refractivity contribution in [3.63, 3.8) is 0 Å². The van der Waals surface area contributed by atoms with Crippen LogP contribution >= 0.6 is 0 Å². The van der Waals surface area contributed by atoms with Crippen molar-refractivity contribution in [2.75, 3.05) is 13.1 Å². The van der Waals surface area contributed by atoms with Crippen LogP contribution in [0.25, 0.3) is 0 Å². The molecule has 3 aliphatic rings. The van der Waals surface area contributed by atoms with Crippen LogP contribution in [0.5, 0.6) is 0 Å². The Hall–Kier alpha value is -0.0800. The number of fused-ring (bicyclic) bond motifs is 2. The van der Waals surface area contributed by atoms with E-state index in [0.717, 1.165) is 24.0 Å². The maximum absolute atomic E-state index is 3.79. The third-order valence-corrected chi connectivity index (χ3v) is 5.06. The Morgan fingerprint density at radius 2 is 1.62 bits per heavy atom. The fraction of sp³-hybridized carbons (Fsp3) is 1.00. The Bertz CT molecular complexity index is 233. The predicted molar refractivity (Wildman–Crippen MR) is 67.6 cm³/mol. The molecule has 1 N–H and O–H groups in total. The normalized spacial score (nSPS) is 45.6. The van der Waals surface area contributed by atoms with Gasteiger partial charge >= 0.3 is 0 Å². The van der Waals surface area contributed by atoms with Crippen LogP contribution in [0.1, 0.15) is 51.9 Å². The van der Waals surface area contributed by atoms with Crippen molar-refractivity contribution in [3.05, 3.63) is 0 Å².